The zero-order valence-electron chi connectivity index (χ0n) is 13.5. The molecule has 1 aromatic rings. The first-order chi connectivity index (χ1) is 9.78. The van der Waals surface area contributed by atoms with Crippen LogP contribution in [0.25, 0.3) is 0 Å². The van der Waals surface area contributed by atoms with E-state index in [1.54, 1.807) is 10.4 Å². The van der Waals surface area contributed by atoms with Crippen LogP contribution in [-0.4, -0.2) is 31.9 Å². The molecule has 0 N–H and O–H groups in total. The summed E-state index contributed by atoms with van der Waals surface area (Å²) in [7, 11) is -2.01. The third kappa shape index (κ3) is 2.94. The third-order valence-corrected chi connectivity index (χ3v) is 6.60. The van der Waals surface area contributed by atoms with Crippen molar-refractivity contribution >= 4 is 10.0 Å². The Morgan fingerprint density at radius 3 is 2.14 bits per heavy atom. The fourth-order valence-corrected chi connectivity index (χ4v) is 5.22. The van der Waals surface area contributed by atoms with E-state index in [0.717, 1.165) is 30.4 Å². The Bertz CT molecular complexity index is 615. The SMILES string of the molecule is COc1cc(C)c(C)cc1S(=O)(=O)N1C(C)CCCC1C. The second-order valence-electron chi connectivity index (χ2n) is 6.05. The Labute approximate surface area is 128 Å². The van der Waals surface area contributed by atoms with Crippen molar-refractivity contribution in [1.82, 2.24) is 4.31 Å². The van der Waals surface area contributed by atoms with Crippen molar-refractivity contribution in [1.29, 1.82) is 0 Å². The number of benzene rings is 1. The standard InChI is InChI=1S/C16H25NO3S/c1-11-9-15(20-5)16(10-12(11)2)21(18,19)17-13(3)7-6-8-14(17)4/h9-10,13-14H,6-8H2,1-5H3. The summed E-state index contributed by atoms with van der Waals surface area (Å²) in [5.41, 5.74) is 2.00. The van der Waals surface area contributed by atoms with Gasteiger partial charge in [-0.25, -0.2) is 8.42 Å². The minimum atomic E-state index is -3.53. The van der Waals surface area contributed by atoms with Crippen molar-refractivity contribution in [2.75, 3.05) is 7.11 Å². The Morgan fingerprint density at radius 1 is 1.10 bits per heavy atom. The summed E-state index contributed by atoms with van der Waals surface area (Å²) in [6.07, 6.45) is 2.91. The van der Waals surface area contributed by atoms with E-state index in [9.17, 15) is 8.42 Å². The second kappa shape index (κ2) is 5.97. The van der Waals surface area contributed by atoms with Crippen molar-refractivity contribution in [2.24, 2.45) is 0 Å². The highest BCUT2D eigenvalue weighted by atomic mass is 32.2. The lowest BCUT2D eigenvalue weighted by Gasteiger charge is -2.38. The molecule has 4 nitrogen and oxygen atoms in total. The van der Waals surface area contributed by atoms with Crippen LogP contribution in [0.15, 0.2) is 17.0 Å². The summed E-state index contributed by atoms with van der Waals surface area (Å²) in [5, 5.41) is 0. The first-order valence-electron chi connectivity index (χ1n) is 7.47. The van der Waals surface area contributed by atoms with Crippen molar-refractivity contribution in [3.63, 3.8) is 0 Å². The number of aryl methyl sites for hydroxylation is 2. The van der Waals surface area contributed by atoms with Gasteiger partial charge in [0.2, 0.25) is 10.0 Å². The Hall–Kier alpha value is -1.07. The molecule has 0 saturated carbocycles. The summed E-state index contributed by atoms with van der Waals surface area (Å²) < 4.78 is 33.2. The van der Waals surface area contributed by atoms with Gasteiger partial charge in [0.05, 0.1) is 7.11 Å². The van der Waals surface area contributed by atoms with Gasteiger partial charge in [0.25, 0.3) is 0 Å². The van der Waals surface area contributed by atoms with Gasteiger partial charge in [-0.1, -0.05) is 6.42 Å². The van der Waals surface area contributed by atoms with Crippen LogP contribution in [0.5, 0.6) is 5.75 Å². The van der Waals surface area contributed by atoms with Crippen LogP contribution in [0, 0.1) is 13.8 Å². The largest absolute Gasteiger partial charge is 0.495 e. The van der Waals surface area contributed by atoms with E-state index >= 15 is 0 Å². The zero-order valence-corrected chi connectivity index (χ0v) is 14.3. The monoisotopic (exact) mass is 311 g/mol. The predicted molar refractivity (Wildman–Crippen MR) is 84.3 cm³/mol. The third-order valence-electron chi connectivity index (χ3n) is 4.45. The molecular formula is C16H25NO3S. The van der Waals surface area contributed by atoms with Crippen LogP contribution < -0.4 is 4.74 Å². The van der Waals surface area contributed by atoms with Crippen LogP contribution in [0.4, 0.5) is 0 Å². The maximum Gasteiger partial charge on any atom is 0.247 e. The van der Waals surface area contributed by atoms with Crippen LogP contribution in [0.3, 0.4) is 0 Å². The first kappa shape index (κ1) is 16.3. The van der Waals surface area contributed by atoms with Gasteiger partial charge >= 0.3 is 0 Å². The lowest BCUT2D eigenvalue weighted by atomic mass is 10.0. The Kier molecular flexibility index (Phi) is 4.63. The first-order valence-corrected chi connectivity index (χ1v) is 8.91. The molecule has 1 aromatic carbocycles. The minimum absolute atomic E-state index is 0.0325. The van der Waals surface area contributed by atoms with Gasteiger partial charge in [-0.05, 0) is 63.8 Å². The van der Waals surface area contributed by atoms with E-state index < -0.39 is 10.0 Å². The predicted octanol–water partition coefficient (Wildman–Crippen LogP) is 3.26. The molecule has 1 fully saturated rings. The quantitative estimate of drug-likeness (QED) is 0.861. The molecule has 5 heteroatoms. The van der Waals surface area contributed by atoms with Gasteiger partial charge in [0, 0.05) is 12.1 Å². The zero-order chi connectivity index (χ0) is 15.8. The molecule has 2 atom stereocenters. The fraction of sp³-hybridized carbons (Fsp3) is 0.625. The van der Waals surface area contributed by atoms with E-state index in [0.29, 0.717) is 5.75 Å². The van der Waals surface area contributed by atoms with Crippen molar-refractivity contribution in [3.05, 3.63) is 23.3 Å². The molecule has 118 valence electrons. The van der Waals surface area contributed by atoms with Gasteiger partial charge in [0.15, 0.2) is 0 Å². The highest BCUT2D eigenvalue weighted by Crippen LogP contribution is 2.34. The molecule has 2 rings (SSSR count). The number of sulfonamides is 1. The molecular weight excluding hydrogens is 286 g/mol. The average molecular weight is 311 g/mol. The highest BCUT2D eigenvalue weighted by Gasteiger charge is 2.37. The normalized spacial score (nSPS) is 24.0. The molecule has 0 amide bonds. The summed E-state index contributed by atoms with van der Waals surface area (Å²) in [4.78, 5) is 0.286. The number of rotatable bonds is 3. The maximum atomic E-state index is 13.1. The molecule has 1 aliphatic heterocycles. The van der Waals surface area contributed by atoms with Crippen molar-refractivity contribution < 1.29 is 13.2 Å². The fourth-order valence-electron chi connectivity index (χ4n) is 3.11. The summed E-state index contributed by atoms with van der Waals surface area (Å²) >= 11 is 0. The topological polar surface area (TPSA) is 46.6 Å². The van der Waals surface area contributed by atoms with E-state index in [4.69, 9.17) is 4.74 Å². The smallest absolute Gasteiger partial charge is 0.247 e. The minimum Gasteiger partial charge on any atom is -0.495 e. The number of nitrogens with zero attached hydrogens (tertiary/aromatic N) is 1. The summed E-state index contributed by atoms with van der Waals surface area (Å²) in [6, 6.07) is 3.61. The van der Waals surface area contributed by atoms with Gasteiger partial charge in [-0.15, -0.1) is 0 Å². The Balaban J connectivity index is 2.55. The van der Waals surface area contributed by atoms with Crippen molar-refractivity contribution in [2.45, 2.75) is 63.9 Å². The number of ether oxygens (including phenoxy) is 1. The molecule has 0 aromatic heterocycles. The van der Waals surface area contributed by atoms with Crippen LogP contribution in [0.1, 0.15) is 44.2 Å². The van der Waals surface area contributed by atoms with E-state index in [2.05, 4.69) is 0 Å². The maximum absolute atomic E-state index is 13.1. The molecule has 1 saturated heterocycles. The van der Waals surface area contributed by atoms with Gasteiger partial charge < -0.3 is 4.74 Å². The average Bonchev–Trinajstić information content (AvgIpc) is 2.40. The number of hydrogen-bond acceptors (Lipinski definition) is 3. The van der Waals surface area contributed by atoms with Crippen LogP contribution >= 0.6 is 0 Å². The summed E-state index contributed by atoms with van der Waals surface area (Å²) in [5.74, 6) is 0.433. The number of methoxy groups -OCH3 is 1. The second-order valence-corrected chi connectivity index (χ2v) is 7.86. The molecule has 0 aliphatic carbocycles. The van der Waals surface area contributed by atoms with Crippen LogP contribution in [-0.2, 0) is 10.0 Å². The van der Waals surface area contributed by atoms with E-state index in [1.165, 1.54) is 7.11 Å². The summed E-state index contributed by atoms with van der Waals surface area (Å²) in [6.45, 7) is 7.86. The lowest BCUT2D eigenvalue weighted by molar-refractivity contribution is 0.203. The number of hydrogen-bond donors (Lipinski definition) is 0. The number of piperidine rings is 1. The highest BCUT2D eigenvalue weighted by molar-refractivity contribution is 7.89. The molecule has 1 aliphatic rings. The van der Waals surface area contributed by atoms with E-state index in [-0.39, 0.29) is 17.0 Å². The van der Waals surface area contributed by atoms with Gasteiger partial charge in [0.1, 0.15) is 10.6 Å². The van der Waals surface area contributed by atoms with Gasteiger partial charge in [-0.2, -0.15) is 4.31 Å². The van der Waals surface area contributed by atoms with E-state index in [1.807, 2.05) is 33.8 Å². The van der Waals surface area contributed by atoms with Crippen LogP contribution in [0.2, 0.25) is 0 Å². The Morgan fingerprint density at radius 2 is 1.62 bits per heavy atom. The van der Waals surface area contributed by atoms with Crippen molar-refractivity contribution in [3.8, 4) is 5.75 Å². The molecule has 0 bridgehead atoms. The lowest BCUT2D eigenvalue weighted by Crippen LogP contribution is -2.47. The molecule has 0 radical (unpaired) electrons. The molecule has 2 unspecified atom stereocenters. The molecule has 21 heavy (non-hydrogen) atoms. The molecule has 0 spiro atoms. The molecule has 1 heterocycles. The van der Waals surface area contributed by atoms with Gasteiger partial charge in [-0.3, -0.25) is 0 Å².